The summed E-state index contributed by atoms with van der Waals surface area (Å²) in [6, 6.07) is 8.53. The monoisotopic (exact) mass is 289 g/mol. The maximum atomic E-state index is 12.6. The third-order valence-corrected chi connectivity index (χ3v) is 4.42. The Hall–Kier alpha value is -1.31. The number of hydrogen-bond acceptors (Lipinski definition) is 1. The molecule has 0 N–H and O–H groups in total. The van der Waals surface area contributed by atoms with E-state index in [2.05, 4.69) is 37.8 Å². The second-order valence-electron chi connectivity index (χ2n) is 5.58. The lowest BCUT2D eigenvalue weighted by Crippen LogP contribution is -2.35. The molecule has 0 saturated carbocycles. The predicted octanol–water partition coefficient (Wildman–Crippen LogP) is 4.93. The molecule has 1 aromatic carbocycles. The molecule has 2 nitrogen and oxygen atoms in total. The van der Waals surface area contributed by atoms with E-state index in [0.29, 0.717) is 12.0 Å². The Balaban J connectivity index is 0.00000106. The van der Waals surface area contributed by atoms with Crippen LogP contribution in [-0.4, -0.2) is 23.4 Å². The number of amides is 1. The van der Waals surface area contributed by atoms with Crippen LogP contribution >= 0.6 is 0 Å². The van der Waals surface area contributed by atoms with E-state index < -0.39 is 0 Å². The first-order valence-electron chi connectivity index (χ1n) is 8.59. The van der Waals surface area contributed by atoms with Gasteiger partial charge in [0.1, 0.15) is 0 Å². The van der Waals surface area contributed by atoms with Crippen LogP contribution in [-0.2, 0) is 6.42 Å². The number of benzene rings is 1. The van der Waals surface area contributed by atoms with Crippen molar-refractivity contribution in [2.45, 2.75) is 66.3 Å². The van der Waals surface area contributed by atoms with Crippen molar-refractivity contribution in [1.29, 1.82) is 0 Å². The molecule has 1 aromatic rings. The van der Waals surface area contributed by atoms with Gasteiger partial charge >= 0.3 is 0 Å². The molecule has 1 heterocycles. The molecule has 0 aromatic heterocycles. The van der Waals surface area contributed by atoms with Crippen LogP contribution in [0.15, 0.2) is 24.3 Å². The molecule has 0 aliphatic carbocycles. The molecule has 0 spiro atoms. The number of nitrogens with zero attached hydrogens (tertiary/aromatic N) is 1. The molecule has 21 heavy (non-hydrogen) atoms. The van der Waals surface area contributed by atoms with E-state index in [1.54, 1.807) is 0 Å². The largest absolute Gasteiger partial charge is 0.335 e. The highest BCUT2D eigenvalue weighted by molar-refractivity contribution is 5.94. The van der Waals surface area contributed by atoms with E-state index in [0.717, 1.165) is 24.9 Å². The molecular weight excluding hydrogens is 258 g/mol. The first-order chi connectivity index (χ1) is 10.2. The Morgan fingerprint density at radius 2 is 1.71 bits per heavy atom. The standard InChI is InChI=1S/C17H25NO.C2H6/c1-4-13-7-9-15(10-8-13)17(19)18-12-14(5-2)11-16(18)6-3;1-2/h7-10,14,16H,4-6,11-12H2,1-3H3;1-2H3. The Labute approximate surface area is 130 Å². The fourth-order valence-electron chi connectivity index (χ4n) is 2.99. The maximum absolute atomic E-state index is 12.6. The van der Waals surface area contributed by atoms with Crippen molar-refractivity contribution in [3.8, 4) is 0 Å². The van der Waals surface area contributed by atoms with Gasteiger partial charge in [0.05, 0.1) is 0 Å². The van der Waals surface area contributed by atoms with Gasteiger partial charge < -0.3 is 4.90 Å². The van der Waals surface area contributed by atoms with Gasteiger partial charge in [-0.25, -0.2) is 0 Å². The molecule has 0 radical (unpaired) electrons. The summed E-state index contributed by atoms with van der Waals surface area (Å²) in [5.41, 5.74) is 2.13. The zero-order valence-electron chi connectivity index (χ0n) is 14.4. The van der Waals surface area contributed by atoms with Crippen LogP contribution in [0.4, 0.5) is 0 Å². The second kappa shape index (κ2) is 8.86. The van der Waals surface area contributed by atoms with Crippen LogP contribution in [0.2, 0.25) is 0 Å². The molecule has 118 valence electrons. The number of carbonyl (C=O) groups excluding carboxylic acids is 1. The predicted molar refractivity (Wildman–Crippen MR) is 90.7 cm³/mol. The first kappa shape index (κ1) is 17.7. The summed E-state index contributed by atoms with van der Waals surface area (Å²) in [5.74, 6) is 0.897. The van der Waals surface area contributed by atoms with Crippen molar-refractivity contribution >= 4 is 5.91 Å². The van der Waals surface area contributed by atoms with Gasteiger partial charge in [-0.05, 0) is 42.9 Å². The zero-order valence-corrected chi connectivity index (χ0v) is 14.4. The number of likely N-dealkylation sites (tertiary alicyclic amines) is 1. The highest BCUT2D eigenvalue weighted by Gasteiger charge is 2.33. The fraction of sp³-hybridized carbons (Fsp3) is 0.632. The topological polar surface area (TPSA) is 20.3 Å². The van der Waals surface area contributed by atoms with Crippen LogP contribution in [0.5, 0.6) is 0 Å². The van der Waals surface area contributed by atoms with Gasteiger partial charge in [0.2, 0.25) is 0 Å². The molecule has 1 aliphatic rings. The van der Waals surface area contributed by atoms with E-state index in [1.165, 1.54) is 18.4 Å². The lowest BCUT2D eigenvalue weighted by Gasteiger charge is -2.23. The van der Waals surface area contributed by atoms with Crippen LogP contribution < -0.4 is 0 Å². The molecular formula is C19H31NO. The third kappa shape index (κ3) is 4.33. The van der Waals surface area contributed by atoms with E-state index in [9.17, 15) is 4.79 Å². The molecule has 1 aliphatic heterocycles. The Morgan fingerprint density at radius 1 is 1.10 bits per heavy atom. The van der Waals surface area contributed by atoms with E-state index in [-0.39, 0.29) is 5.91 Å². The molecule has 2 unspecified atom stereocenters. The van der Waals surface area contributed by atoms with Gasteiger partial charge in [0.25, 0.3) is 5.91 Å². The van der Waals surface area contributed by atoms with Gasteiger partial charge in [-0.2, -0.15) is 0 Å². The van der Waals surface area contributed by atoms with Gasteiger partial charge in [0.15, 0.2) is 0 Å². The van der Waals surface area contributed by atoms with E-state index >= 15 is 0 Å². The number of rotatable bonds is 4. The second-order valence-corrected chi connectivity index (χ2v) is 5.58. The van der Waals surface area contributed by atoms with Gasteiger partial charge in [-0.3, -0.25) is 4.79 Å². The summed E-state index contributed by atoms with van der Waals surface area (Å²) in [6.45, 7) is 11.5. The van der Waals surface area contributed by atoms with Crippen molar-refractivity contribution < 1.29 is 4.79 Å². The highest BCUT2D eigenvalue weighted by atomic mass is 16.2. The van der Waals surface area contributed by atoms with Crippen LogP contribution in [0, 0.1) is 5.92 Å². The number of carbonyl (C=O) groups is 1. The smallest absolute Gasteiger partial charge is 0.254 e. The fourth-order valence-corrected chi connectivity index (χ4v) is 2.99. The Bertz CT molecular complexity index is 424. The van der Waals surface area contributed by atoms with Gasteiger partial charge in [0, 0.05) is 18.2 Å². The van der Waals surface area contributed by atoms with Crippen molar-refractivity contribution in [3.05, 3.63) is 35.4 Å². The van der Waals surface area contributed by atoms with Crippen molar-refractivity contribution in [2.24, 2.45) is 5.92 Å². The van der Waals surface area contributed by atoms with E-state index in [1.807, 2.05) is 26.0 Å². The summed E-state index contributed by atoms with van der Waals surface area (Å²) >= 11 is 0. The lowest BCUT2D eigenvalue weighted by atomic mass is 10.0. The zero-order chi connectivity index (χ0) is 15.8. The summed E-state index contributed by atoms with van der Waals surface area (Å²) in [7, 11) is 0. The van der Waals surface area contributed by atoms with Crippen LogP contribution in [0.3, 0.4) is 0 Å². The normalized spacial score (nSPS) is 20.9. The molecule has 0 bridgehead atoms. The molecule has 2 atom stereocenters. The van der Waals surface area contributed by atoms with Crippen molar-refractivity contribution in [3.63, 3.8) is 0 Å². The summed E-state index contributed by atoms with van der Waals surface area (Å²) in [4.78, 5) is 14.7. The van der Waals surface area contributed by atoms with Crippen LogP contribution in [0.1, 0.15) is 69.8 Å². The number of hydrogen-bond donors (Lipinski definition) is 0. The molecule has 2 heteroatoms. The molecule has 2 rings (SSSR count). The third-order valence-electron chi connectivity index (χ3n) is 4.42. The quantitative estimate of drug-likeness (QED) is 0.770. The van der Waals surface area contributed by atoms with Crippen molar-refractivity contribution in [1.82, 2.24) is 4.90 Å². The van der Waals surface area contributed by atoms with Gasteiger partial charge in [-0.15, -0.1) is 0 Å². The average molecular weight is 289 g/mol. The molecule has 1 fully saturated rings. The Kier molecular flexibility index (Phi) is 7.49. The van der Waals surface area contributed by atoms with Crippen molar-refractivity contribution in [2.75, 3.05) is 6.54 Å². The Morgan fingerprint density at radius 3 is 2.19 bits per heavy atom. The van der Waals surface area contributed by atoms with E-state index in [4.69, 9.17) is 0 Å². The summed E-state index contributed by atoms with van der Waals surface area (Å²) in [6.07, 6.45) is 4.43. The summed E-state index contributed by atoms with van der Waals surface area (Å²) in [5, 5.41) is 0. The van der Waals surface area contributed by atoms with Gasteiger partial charge in [-0.1, -0.05) is 53.2 Å². The molecule has 1 saturated heterocycles. The average Bonchev–Trinajstić information content (AvgIpc) is 2.99. The minimum Gasteiger partial charge on any atom is -0.335 e. The SMILES string of the molecule is CC.CCc1ccc(C(=O)N2CC(CC)CC2CC)cc1. The minimum absolute atomic E-state index is 0.213. The minimum atomic E-state index is 0.213. The first-order valence-corrected chi connectivity index (χ1v) is 8.59. The maximum Gasteiger partial charge on any atom is 0.254 e. The highest BCUT2D eigenvalue weighted by Crippen LogP contribution is 2.28. The molecule has 1 amide bonds. The lowest BCUT2D eigenvalue weighted by molar-refractivity contribution is 0.0729. The number of aryl methyl sites for hydroxylation is 1. The van der Waals surface area contributed by atoms with Crippen LogP contribution in [0.25, 0.3) is 0 Å². The summed E-state index contributed by atoms with van der Waals surface area (Å²) < 4.78 is 0.